The summed E-state index contributed by atoms with van der Waals surface area (Å²) in [5.74, 6) is -2.30. The first-order valence-electron chi connectivity index (χ1n) is 48.0. The minimum atomic E-state index is -5.81. The van der Waals surface area contributed by atoms with Crippen molar-refractivity contribution in [2.75, 3.05) is 26.4 Å². The highest BCUT2D eigenvalue weighted by Crippen LogP contribution is 2.49. The van der Waals surface area contributed by atoms with Crippen LogP contribution in [0.15, 0.2) is 24.3 Å². The van der Waals surface area contributed by atoms with Crippen LogP contribution in [0.3, 0.4) is 0 Å². The summed E-state index contributed by atoms with van der Waals surface area (Å²) in [7, 11) is -5.81. The fourth-order valence-electron chi connectivity index (χ4n) is 15.8. The van der Waals surface area contributed by atoms with Gasteiger partial charge in [-0.1, -0.05) is 329 Å². The van der Waals surface area contributed by atoms with Gasteiger partial charge in [-0.05, 0) is 83.0 Å². The van der Waals surface area contributed by atoms with Gasteiger partial charge in [-0.25, -0.2) is 4.57 Å². The second-order valence-corrected chi connectivity index (χ2v) is 35.9. The van der Waals surface area contributed by atoms with Crippen LogP contribution >= 0.6 is 7.82 Å². The number of aliphatic hydroxyl groups is 9. The Morgan fingerprint density at radius 1 is 0.353 bits per heavy atom. The first-order chi connectivity index (χ1) is 57.6. The molecule has 26 heteroatoms. The third-order valence-electron chi connectivity index (χ3n) is 23.6. The number of carbonyl (C=O) groups excluding carboxylic acids is 4. The van der Waals surface area contributed by atoms with E-state index < -0.39 is 162 Å². The molecule has 3 fully saturated rings. The van der Waals surface area contributed by atoms with E-state index in [0.717, 1.165) is 141 Å². The zero-order valence-corrected chi connectivity index (χ0v) is 75.5. The monoisotopic (exact) mass is 1720 g/mol. The third-order valence-corrected chi connectivity index (χ3v) is 24.6. The largest absolute Gasteiger partial charge is 0.472 e. The van der Waals surface area contributed by atoms with E-state index in [0.29, 0.717) is 44.4 Å². The lowest BCUT2D eigenvalue weighted by Gasteiger charge is -2.50. The van der Waals surface area contributed by atoms with Gasteiger partial charge in [-0.15, -0.1) is 0 Å². The van der Waals surface area contributed by atoms with Crippen molar-refractivity contribution < 1.29 is 122 Å². The minimum absolute atomic E-state index is 0.00900. The van der Waals surface area contributed by atoms with Crippen molar-refractivity contribution in [3.05, 3.63) is 24.3 Å². The molecule has 2 heterocycles. The molecule has 10 N–H and O–H groups in total. The molecule has 0 aromatic heterocycles. The number of esters is 4. The number of unbranched alkanes of at least 4 members (excludes halogenated alkanes) is 45. The number of aliphatic hydroxyl groups excluding tert-OH is 9. The van der Waals surface area contributed by atoms with E-state index in [4.69, 9.17) is 46.9 Å². The number of rotatable bonds is 77. The van der Waals surface area contributed by atoms with E-state index in [1.165, 1.54) is 167 Å². The van der Waals surface area contributed by atoms with Crippen molar-refractivity contribution in [1.82, 2.24) is 0 Å². The maximum Gasteiger partial charge on any atom is 0.472 e. The third kappa shape index (κ3) is 51.4. The second-order valence-electron chi connectivity index (χ2n) is 34.5. The zero-order chi connectivity index (χ0) is 86.9. The summed E-state index contributed by atoms with van der Waals surface area (Å²) in [4.78, 5) is 66.5. The van der Waals surface area contributed by atoms with E-state index in [1.807, 2.05) is 0 Å². The van der Waals surface area contributed by atoms with Crippen LogP contribution in [0.25, 0.3) is 0 Å². The lowest BCUT2D eigenvalue weighted by molar-refractivity contribution is -0.360. The number of carbonyl (C=O) groups is 4. The highest BCUT2D eigenvalue weighted by molar-refractivity contribution is 7.47. The van der Waals surface area contributed by atoms with Crippen LogP contribution < -0.4 is 0 Å². The highest BCUT2D eigenvalue weighted by Gasteiger charge is 2.60. The van der Waals surface area contributed by atoms with Crippen molar-refractivity contribution >= 4 is 31.7 Å². The lowest BCUT2D eigenvalue weighted by Crippen LogP contribution is -2.70. The quantitative estimate of drug-likeness (QED) is 0.00889. The average Bonchev–Trinajstić information content (AvgIpc) is 0.754. The van der Waals surface area contributed by atoms with E-state index >= 15 is 0 Å². The van der Waals surface area contributed by atoms with Crippen LogP contribution in [0.2, 0.25) is 0 Å². The maximum atomic E-state index is 14.9. The van der Waals surface area contributed by atoms with E-state index in [-0.39, 0.29) is 25.7 Å². The SMILES string of the molecule is CCCCCC/C=C\CCCCCCCCCC(=O)OCC1OC(OC2C(OC(=O)CCCCCCCCCCCCCCCCCC)C(O)C(O)C(OC3OC(CO)C(O)C(O)C3O)C2OP(=O)(O)OCC(COC(=O)CCCCCCCCC(C)CCCCCCCC)OC(=O)CCCCC/C=C\CCCCCCCC)C(O)C(O)C1O. The van der Waals surface area contributed by atoms with Gasteiger partial charge in [0.1, 0.15) is 92.6 Å². The molecule has 0 amide bonds. The summed E-state index contributed by atoms with van der Waals surface area (Å²) in [6.45, 7) is 7.91. The molecular weight excluding hydrogens is 1550 g/mol. The summed E-state index contributed by atoms with van der Waals surface area (Å²) in [6, 6.07) is 0. The van der Waals surface area contributed by atoms with Gasteiger partial charge in [-0.3, -0.25) is 28.2 Å². The van der Waals surface area contributed by atoms with Crippen LogP contribution in [0.4, 0.5) is 0 Å². The Morgan fingerprint density at radius 3 is 1.10 bits per heavy atom. The number of phosphoric acid groups is 1. The fourth-order valence-corrected chi connectivity index (χ4v) is 16.8. The number of hydrogen-bond donors (Lipinski definition) is 10. The Labute approximate surface area is 717 Å². The Kier molecular flexibility index (Phi) is 65.7. The number of hydrogen-bond acceptors (Lipinski definition) is 24. The normalized spacial score (nSPS) is 25.2. The molecule has 19 unspecified atom stereocenters. The van der Waals surface area contributed by atoms with Crippen molar-refractivity contribution in [2.24, 2.45) is 5.92 Å². The van der Waals surface area contributed by atoms with Crippen molar-refractivity contribution in [3.63, 3.8) is 0 Å². The molecule has 3 aliphatic rings. The number of ether oxygens (including phenoxy) is 8. The zero-order valence-electron chi connectivity index (χ0n) is 74.6. The summed E-state index contributed by atoms with van der Waals surface area (Å²) >= 11 is 0. The van der Waals surface area contributed by atoms with Gasteiger partial charge in [-0.2, -0.15) is 0 Å². The summed E-state index contributed by atoms with van der Waals surface area (Å²) in [5.41, 5.74) is 0. The van der Waals surface area contributed by atoms with Crippen LogP contribution in [-0.4, -0.2) is 205 Å². The molecule has 3 rings (SSSR count). The average molecular weight is 1720 g/mol. The second kappa shape index (κ2) is 71.0. The van der Waals surface area contributed by atoms with Crippen LogP contribution in [0.1, 0.15) is 407 Å². The van der Waals surface area contributed by atoms with Gasteiger partial charge in [0.05, 0.1) is 13.2 Å². The molecule has 1 aliphatic carbocycles. The smallest absolute Gasteiger partial charge is 0.463 e. The predicted octanol–water partition coefficient (Wildman–Crippen LogP) is 18.0. The molecule has 0 aromatic rings. The molecule has 119 heavy (non-hydrogen) atoms. The first kappa shape index (κ1) is 110. The van der Waals surface area contributed by atoms with Gasteiger partial charge in [0.2, 0.25) is 0 Å². The molecule has 25 nitrogen and oxygen atoms in total. The molecule has 1 saturated carbocycles. The number of allylic oxidation sites excluding steroid dienone is 4. The number of phosphoric ester groups is 1. The van der Waals surface area contributed by atoms with Crippen LogP contribution in [0, 0.1) is 5.92 Å². The maximum absolute atomic E-state index is 14.9. The molecule has 19 atom stereocenters. The van der Waals surface area contributed by atoms with Crippen molar-refractivity contribution in [2.45, 2.75) is 511 Å². The van der Waals surface area contributed by atoms with Gasteiger partial charge in [0, 0.05) is 25.7 Å². The van der Waals surface area contributed by atoms with Crippen LogP contribution in [0.5, 0.6) is 0 Å². The minimum Gasteiger partial charge on any atom is -0.463 e. The Morgan fingerprint density at radius 2 is 0.681 bits per heavy atom. The molecule has 2 saturated heterocycles. The van der Waals surface area contributed by atoms with Crippen LogP contribution in [-0.2, 0) is 70.7 Å². The molecular formula is C93H171O25P. The van der Waals surface area contributed by atoms with Crippen molar-refractivity contribution in [3.8, 4) is 0 Å². The Balaban J connectivity index is 1.92. The first-order valence-corrected chi connectivity index (χ1v) is 49.5. The fraction of sp³-hybridized carbons (Fsp3) is 0.914. The van der Waals surface area contributed by atoms with Gasteiger partial charge >= 0.3 is 31.7 Å². The molecule has 0 bridgehead atoms. The van der Waals surface area contributed by atoms with Gasteiger partial charge in [0.25, 0.3) is 0 Å². The van der Waals surface area contributed by atoms with E-state index in [9.17, 15) is 74.6 Å². The predicted molar refractivity (Wildman–Crippen MR) is 462 cm³/mol. The van der Waals surface area contributed by atoms with Gasteiger partial charge in [0.15, 0.2) is 24.8 Å². The van der Waals surface area contributed by atoms with Gasteiger partial charge < -0.3 is 88.7 Å². The molecule has 698 valence electrons. The lowest BCUT2D eigenvalue weighted by atomic mass is 9.84. The van der Waals surface area contributed by atoms with Crippen molar-refractivity contribution in [1.29, 1.82) is 0 Å². The summed E-state index contributed by atoms with van der Waals surface area (Å²) in [5, 5.41) is 102. The summed E-state index contributed by atoms with van der Waals surface area (Å²) < 4.78 is 73.5. The molecule has 0 aromatic carbocycles. The molecule has 2 aliphatic heterocycles. The topological polar surface area (TPSA) is 380 Å². The Hall–Kier alpha value is -3.05. The standard InChI is InChI=1S/C93H171O25P/c1-6-10-14-18-22-25-28-31-33-35-38-41-44-47-55-61-67-79(98)115-88-84(103)85(104)89(116-92-86(105)82(101)80(99)74(68-94)113-92)91(90(88)117-93-87(106)83(102)81(100)75(114-93)71-110-77(96)65-59-52-45-42-39-37-34-32-29-26-23-19-15-11-7-2)118-119(107,108)111-70-73(112-78(97)66-60-54-46-43-40-36-30-27-24-20-16-12-8-3)69-109-76(95)64-58-53-49-48-51-57-63-72(5)62-56-50-21-17-13-9-4/h26,29,36,40,72-75,80-94,99-106H,6-25,27-28,30-35,37-39,41-71H2,1-5H3,(H,107,108)/b29-26-,40-36-. The molecule has 0 radical (unpaired) electrons. The van der Waals surface area contributed by atoms with E-state index in [2.05, 4.69) is 58.9 Å². The summed E-state index contributed by atoms with van der Waals surface area (Å²) in [6.07, 6.45) is 30.2. The van der Waals surface area contributed by atoms with E-state index in [1.54, 1.807) is 0 Å². The highest BCUT2D eigenvalue weighted by atomic mass is 31.2. The Bertz CT molecular complexity index is 2580. The molecule has 0 spiro atoms.